The zero-order chi connectivity index (χ0) is 17.8. The van der Waals surface area contributed by atoms with E-state index in [9.17, 15) is 9.59 Å². The van der Waals surface area contributed by atoms with Gasteiger partial charge in [-0.25, -0.2) is 4.68 Å². The number of hydrogen-bond donors (Lipinski definition) is 0. The standard InChI is InChI=1S/C19H19N3O2S/c1-3-21(15-8-5-4-6-9-15)19(24)14(2)22-18(23)12-11-16(20-22)17-10-7-13-25-17/h4-14H,3H2,1-2H3. The van der Waals surface area contributed by atoms with E-state index in [1.807, 2.05) is 54.8 Å². The lowest BCUT2D eigenvalue weighted by molar-refractivity contribution is -0.121. The molecule has 1 amide bonds. The van der Waals surface area contributed by atoms with Crippen LogP contribution in [-0.2, 0) is 4.79 Å². The molecule has 6 heteroatoms. The average Bonchev–Trinajstić information content (AvgIpc) is 3.17. The second-order valence-electron chi connectivity index (χ2n) is 5.57. The number of rotatable bonds is 5. The molecule has 128 valence electrons. The average molecular weight is 353 g/mol. The van der Waals surface area contributed by atoms with Gasteiger partial charge in [-0.1, -0.05) is 24.3 Å². The summed E-state index contributed by atoms with van der Waals surface area (Å²) in [5.74, 6) is -0.161. The van der Waals surface area contributed by atoms with Gasteiger partial charge in [-0.15, -0.1) is 11.3 Å². The molecule has 1 unspecified atom stereocenters. The second kappa shape index (κ2) is 7.44. The van der Waals surface area contributed by atoms with Crippen molar-refractivity contribution < 1.29 is 4.79 Å². The molecule has 3 rings (SSSR count). The molecule has 2 heterocycles. The first-order chi connectivity index (χ1) is 12.1. The molecule has 0 radical (unpaired) electrons. The molecule has 5 nitrogen and oxygen atoms in total. The summed E-state index contributed by atoms with van der Waals surface area (Å²) in [7, 11) is 0. The highest BCUT2D eigenvalue weighted by atomic mass is 32.1. The maximum absolute atomic E-state index is 13.0. The predicted octanol–water partition coefficient (Wildman–Crippen LogP) is 3.59. The van der Waals surface area contributed by atoms with Crippen molar-refractivity contribution in [2.45, 2.75) is 19.9 Å². The van der Waals surface area contributed by atoms with Gasteiger partial charge in [0.05, 0.1) is 4.88 Å². The van der Waals surface area contributed by atoms with E-state index < -0.39 is 6.04 Å². The van der Waals surface area contributed by atoms with E-state index in [4.69, 9.17) is 0 Å². The van der Waals surface area contributed by atoms with Crippen molar-refractivity contribution in [1.29, 1.82) is 0 Å². The van der Waals surface area contributed by atoms with E-state index in [-0.39, 0.29) is 11.5 Å². The van der Waals surface area contributed by atoms with Gasteiger partial charge in [0.25, 0.3) is 11.5 Å². The minimum atomic E-state index is -0.687. The van der Waals surface area contributed by atoms with Gasteiger partial charge in [0.15, 0.2) is 0 Å². The molecule has 3 aromatic rings. The maximum Gasteiger partial charge on any atom is 0.267 e. The monoisotopic (exact) mass is 353 g/mol. The Kier molecular flexibility index (Phi) is 5.09. The van der Waals surface area contributed by atoms with Crippen molar-refractivity contribution in [3.8, 4) is 10.6 Å². The molecule has 0 saturated carbocycles. The van der Waals surface area contributed by atoms with Gasteiger partial charge in [-0.3, -0.25) is 9.59 Å². The number of anilines is 1. The van der Waals surface area contributed by atoms with Gasteiger partial charge in [-0.2, -0.15) is 5.10 Å². The highest BCUT2D eigenvalue weighted by molar-refractivity contribution is 7.13. The molecule has 0 aliphatic rings. The highest BCUT2D eigenvalue weighted by Gasteiger charge is 2.24. The van der Waals surface area contributed by atoms with Crippen LogP contribution in [0.25, 0.3) is 10.6 Å². The summed E-state index contributed by atoms with van der Waals surface area (Å²) in [6, 6.07) is 15.8. The molecular weight excluding hydrogens is 334 g/mol. The van der Waals surface area contributed by atoms with E-state index in [0.717, 1.165) is 10.6 Å². The normalized spacial score (nSPS) is 11.9. The van der Waals surface area contributed by atoms with Gasteiger partial charge in [-0.05, 0) is 43.5 Å². The number of thiophene rings is 1. The summed E-state index contributed by atoms with van der Waals surface area (Å²) in [5, 5.41) is 6.37. The fraction of sp³-hybridized carbons (Fsp3) is 0.211. The van der Waals surface area contributed by atoms with Crippen molar-refractivity contribution in [3.05, 3.63) is 70.3 Å². The lowest BCUT2D eigenvalue weighted by Crippen LogP contribution is -2.40. The quantitative estimate of drug-likeness (QED) is 0.704. The maximum atomic E-state index is 13.0. The number of amides is 1. The van der Waals surface area contributed by atoms with Crippen LogP contribution in [0.2, 0.25) is 0 Å². The van der Waals surface area contributed by atoms with Crippen LogP contribution in [0.1, 0.15) is 19.9 Å². The van der Waals surface area contributed by atoms with Gasteiger partial charge in [0, 0.05) is 18.3 Å². The Hall–Kier alpha value is -2.73. The fourth-order valence-electron chi connectivity index (χ4n) is 2.66. The number of hydrogen-bond acceptors (Lipinski definition) is 4. The SMILES string of the molecule is CCN(C(=O)C(C)n1nc(-c2cccs2)ccc1=O)c1ccccc1. The molecule has 1 aromatic carbocycles. The Bertz CT molecular complexity index is 904. The van der Waals surface area contributed by atoms with E-state index in [0.29, 0.717) is 12.2 Å². The predicted molar refractivity (Wildman–Crippen MR) is 101 cm³/mol. The number of likely N-dealkylation sites (N-methyl/N-ethyl adjacent to an activating group) is 1. The number of benzene rings is 1. The van der Waals surface area contributed by atoms with Crippen molar-refractivity contribution in [2.24, 2.45) is 0 Å². The number of nitrogens with zero attached hydrogens (tertiary/aromatic N) is 3. The third kappa shape index (κ3) is 3.53. The minimum Gasteiger partial charge on any atom is -0.311 e. The summed E-state index contributed by atoms with van der Waals surface area (Å²) >= 11 is 1.55. The molecule has 0 saturated heterocycles. The van der Waals surface area contributed by atoms with E-state index >= 15 is 0 Å². The van der Waals surface area contributed by atoms with Gasteiger partial charge >= 0.3 is 0 Å². The van der Waals surface area contributed by atoms with Crippen LogP contribution in [-0.4, -0.2) is 22.2 Å². The molecule has 0 bridgehead atoms. The number of aromatic nitrogens is 2. The minimum absolute atomic E-state index is 0.161. The Labute approximate surface area is 150 Å². The van der Waals surface area contributed by atoms with E-state index in [1.54, 1.807) is 29.2 Å². The molecule has 25 heavy (non-hydrogen) atoms. The second-order valence-corrected chi connectivity index (χ2v) is 6.52. The molecule has 0 spiro atoms. The Morgan fingerprint density at radius 2 is 1.92 bits per heavy atom. The van der Waals surface area contributed by atoms with E-state index in [1.165, 1.54) is 10.7 Å². The molecule has 0 aliphatic carbocycles. The molecule has 0 fully saturated rings. The van der Waals surface area contributed by atoms with Crippen LogP contribution in [0.15, 0.2) is 64.8 Å². The van der Waals surface area contributed by atoms with Crippen molar-refractivity contribution in [2.75, 3.05) is 11.4 Å². The topological polar surface area (TPSA) is 55.2 Å². The first-order valence-electron chi connectivity index (χ1n) is 8.12. The summed E-state index contributed by atoms with van der Waals surface area (Å²) in [6.07, 6.45) is 0. The van der Waals surface area contributed by atoms with Crippen LogP contribution < -0.4 is 10.5 Å². The summed E-state index contributed by atoms with van der Waals surface area (Å²) in [5.41, 5.74) is 1.21. The van der Waals surface area contributed by atoms with Gasteiger partial charge < -0.3 is 4.90 Å². The molecule has 2 aromatic heterocycles. The molecular formula is C19H19N3O2S. The van der Waals surface area contributed by atoms with Crippen LogP contribution in [0.5, 0.6) is 0 Å². The Morgan fingerprint density at radius 3 is 2.56 bits per heavy atom. The van der Waals surface area contributed by atoms with Crippen LogP contribution in [0, 0.1) is 0 Å². The summed E-state index contributed by atoms with van der Waals surface area (Å²) < 4.78 is 1.27. The molecule has 0 aliphatic heterocycles. The zero-order valence-corrected chi connectivity index (χ0v) is 14.9. The smallest absolute Gasteiger partial charge is 0.267 e. The van der Waals surface area contributed by atoms with E-state index in [2.05, 4.69) is 5.10 Å². The van der Waals surface area contributed by atoms with Crippen LogP contribution >= 0.6 is 11.3 Å². The summed E-state index contributed by atoms with van der Waals surface area (Å²) in [6.45, 7) is 4.14. The first kappa shape index (κ1) is 17.1. The molecule has 1 atom stereocenters. The van der Waals surface area contributed by atoms with Gasteiger partial charge in [0.1, 0.15) is 11.7 Å². The largest absolute Gasteiger partial charge is 0.311 e. The number of carbonyl (C=O) groups is 1. The molecule has 0 N–H and O–H groups in total. The highest BCUT2D eigenvalue weighted by Crippen LogP contribution is 2.22. The number of carbonyl (C=O) groups excluding carboxylic acids is 1. The van der Waals surface area contributed by atoms with Crippen LogP contribution in [0.3, 0.4) is 0 Å². The fourth-order valence-corrected chi connectivity index (χ4v) is 3.35. The lowest BCUT2D eigenvalue weighted by atomic mass is 10.2. The van der Waals surface area contributed by atoms with Crippen molar-refractivity contribution >= 4 is 22.9 Å². The Balaban J connectivity index is 1.94. The third-order valence-electron chi connectivity index (χ3n) is 3.97. The number of para-hydroxylation sites is 1. The van der Waals surface area contributed by atoms with Crippen LogP contribution in [0.4, 0.5) is 5.69 Å². The van der Waals surface area contributed by atoms with Crippen molar-refractivity contribution in [3.63, 3.8) is 0 Å². The van der Waals surface area contributed by atoms with Gasteiger partial charge in [0.2, 0.25) is 0 Å². The lowest BCUT2D eigenvalue weighted by Gasteiger charge is -2.25. The third-order valence-corrected chi connectivity index (χ3v) is 4.87. The first-order valence-corrected chi connectivity index (χ1v) is 9.00. The Morgan fingerprint density at radius 1 is 1.16 bits per heavy atom. The zero-order valence-electron chi connectivity index (χ0n) is 14.1. The van der Waals surface area contributed by atoms with Crippen molar-refractivity contribution in [1.82, 2.24) is 9.78 Å². The summed E-state index contributed by atoms with van der Waals surface area (Å²) in [4.78, 5) is 27.8.